The molecule has 5 amide bonds. The molecule has 4 N–H and O–H groups in total. The van der Waals surface area contributed by atoms with Crippen molar-refractivity contribution in [3.8, 4) is 0 Å². The molecule has 0 radical (unpaired) electrons. The number of likely N-dealkylation sites (tertiary alicyclic amines) is 1. The Hall–Kier alpha value is -3.47. The van der Waals surface area contributed by atoms with E-state index in [-0.39, 0.29) is 11.8 Å². The zero-order valence-corrected chi connectivity index (χ0v) is 20.6. The van der Waals surface area contributed by atoms with E-state index in [4.69, 9.17) is 0 Å². The maximum atomic E-state index is 13.4. The Balaban J connectivity index is 1.51. The van der Waals surface area contributed by atoms with E-state index in [0.717, 1.165) is 11.3 Å². The summed E-state index contributed by atoms with van der Waals surface area (Å²) < 4.78 is 1.69. The summed E-state index contributed by atoms with van der Waals surface area (Å²) in [6, 6.07) is 8.20. The van der Waals surface area contributed by atoms with Crippen molar-refractivity contribution in [1.29, 1.82) is 0 Å². The minimum absolute atomic E-state index is 0.237. The molecule has 0 bridgehead atoms. The number of urea groups is 1. The van der Waals surface area contributed by atoms with Crippen LogP contribution in [0.15, 0.2) is 47.5 Å². The summed E-state index contributed by atoms with van der Waals surface area (Å²) in [6.07, 6.45) is 5.40. The number of rotatable bonds is 6. The largest absolute Gasteiger partial charge is 0.354 e. The fraction of sp³-hybridized carbons (Fsp3) is 0.417. The minimum atomic E-state index is -0.949. The van der Waals surface area contributed by atoms with Gasteiger partial charge < -0.3 is 30.7 Å². The highest BCUT2D eigenvalue weighted by molar-refractivity contribution is 7.98. The van der Waals surface area contributed by atoms with Crippen LogP contribution in [0.25, 0.3) is 0 Å². The molecular weight excluding hydrogens is 468 g/mol. The van der Waals surface area contributed by atoms with E-state index in [1.54, 1.807) is 47.8 Å². The predicted molar refractivity (Wildman–Crippen MR) is 133 cm³/mol. The first kappa shape index (κ1) is 24.6. The maximum absolute atomic E-state index is 13.4. The first-order valence-corrected chi connectivity index (χ1v) is 12.8. The number of hydrogen-bond acceptors (Lipinski definition) is 5. The molecule has 1 aromatic carbocycles. The number of amides is 5. The van der Waals surface area contributed by atoms with Crippen molar-refractivity contribution in [3.05, 3.63) is 48.3 Å². The number of nitrogens with zero attached hydrogens (tertiary/aromatic N) is 2. The molecule has 186 valence electrons. The lowest BCUT2D eigenvalue weighted by molar-refractivity contribution is -0.132. The minimum Gasteiger partial charge on any atom is -0.354 e. The van der Waals surface area contributed by atoms with Crippen LogP contribution in [0.2, 0.25) is 0 Å². The van der Waals surface area contributed by atoms with Crippen LogP contribution >= 0.6 is 11.8 Å². The van der Waals surface area contributed by atoms with Crippen molar-refractivity contribution < 1.29 is 19.2 Å². The highest BCUT2D eigenvalue weighted by Crippen LogP contribution is 2.23. The van der Waals surface area contributed by atoms with Gasteiger partial charge in [-0.2, -0.15) is 0 Å². The van der Waals surface area contributed by atoms with Crippen LogP contribution in [0.1, 0.15) is 29.8 Å². The molecule has 2 aromatic rings. The SMILES string of the molecule is CSc1cccc(NC(=O)N[C@H]2CCN(C(=O)c3cccn3C)[C@@H]2C(=O)N[C@@H]2CCCNC2=O)c1. The third-order valence-corrected chi connectivity index (χ3v) is 7.06. The predicted octanol–water partition coefficient (Wildman–Crippen LogP) is 1.55. The van der Waals surface area contributed by atoms with Crippen LogP contribution in [0.3, 0.4) is 0 Å². The van der Waals surface area contributed by atoms with Gasteiger partial charge in [-0.15, -0.1) is 11.8 Å². The standard InChI is InChI=1S/C24H30N6O4S/c1-29-12-5-9-19(29)23(33)30-13-10-17(20(30)22(32)27-18-8-4-11-25-21(18)31)28-24(34)26-15-6-3-7-16(14-15)35-2/h3,5-7,9,12,14,17-18,20H,4,8,10-11,13H2,1-2H3,(H,25,31)(H,27,32)(H2,26,28,34)/t17-,18+,20-/m0/s1. The van der Waals surface area contributed by atoms with E-state index >= 15 is 0 Å². The van der Waals surface area contributed by atoms with E-state index in [2.05, 4.69) is 21.3 Å². The van der Waals surface area contributed by atoms with Crippen molar-refractivity contribution in [3.63, 3.8) is 0 Å². The zero-order valence-electron chi connectivity index (χ0n) is 19.7. The molecule has 2 aliphatic rings. The van der Waals surface area contributed by atoms with Crippen molar-refractivity contribution >= 4 is 41.2 Å². The summed E-state index contributed by atoms with van der Waals surface area (Å²) in [5, 5.41) is 11.2. The molecule has 0 saturated carbocycles. The van der Waals surface area contributed by atoms with Gasteiger partial charge in [-0.25, -0.2) is 4.79 Å². The van der Waals surface area contributed by atoms with Crippen molar-refractivity contribution in [2.24, 2.45) is 7.05 Å². The number of aromatic nitrogens is 1. The van der Waals surface area contributed by atoms with E-state index in [1.165, 1.54) is 4.90 Å². The number of anilines is 1. The number of carbonyl (C=O) groups excluding carboxylic acids is 4. The van der Waals surface area contributed by atoms with Gasteiger partial charge in [0.25, 0.3) is 5.91 Å². The van der Waals surface area contributed by atoms with Gasteiger partial charge in [-0.3, -0.25) is 14.4 Å². The van der Waals surface area contributed by atoms with Crippen molar-refractivity contribution in [1.82, 2.24) is 25.4 Å². The first-order chi connectivity index (χ1) is 16.9. The monoisotopic (exact) mass is 498 g/mol. The van der Waals surface area contributed by atoms with Gasteiger partial charge in [0.15, 0.2) is 0 Å². The third-order valence-electron chi connectivity index (χ3n) is 6.34. The molecular formula is C24H30N6O4S. The van der Waals surface area contributed by atoms with Crippen molar-refractivity contribution in [2.75, 3.05) is 24.7 Å². The Bertz CT molecular complexity index is 1120. The molecule has 10 nitrogen and oxygen atoms in total. The molecule has 11 heteroatoms. The molecule has 1 aromatic heterocycles. The molecule has 0 unspecified atom stereocenters. The Labute approximate surface area is 208 Å². The number of piperidine rings is 1. The fourth-order valence-corrected chi connectivity index (χ4v) is 4.99. The van der Waals surface area contributed by atoms with Crippen LogP contribution in [0.4, 0.5) is 10.5 Å². The molecule has 2 fully saturated rings. The number of thioether (sulfide) groups is 1. The van der Waals surface area contributed by atoms with E-state index in [1.807, 2.05) is 24.5 Å². The Morgan fingerprint density at radius 1 is 1.11 bits per heavy atom. The van der Waals surface area contributed by atoms with Crippen molar-refractivity contribution in [2.45, 2.75) is 42.3 Å². The number of benzene rings is 1. The topological polar surface area (TPSA) is 125 Å². The number of carbonyl (C=O) groups is 4. The summed E-state index contributed by atoms with van der Waals surface area (Å²) in [6.45, 7) is 0.876. The molecule has 2 saturated heterocycles. The van der Waals surface area contributed by atoms with E-state index in [0.29, 0.717) is 37.3 Å². The lowest BCUT2D eigenvalue weighted by atomic mass is 10.0. The van der Waals surface area contributed by atoms with E-state index in [9.17, 15) is 19.2 Å². The second-order valence-corrected chi connectivity index (χ2v) is 9.55. The average molecular weight is 499 g/mol. The van der Waals surface area contributed by atoms with E-state index < -0.39 is 30.1 Å². The molecule has 2 aliphatic heterocycles. The van der Waals surface area contributed by atoms with Crippen LogP contribution in [0, 0.1) is 0 Å². The van der Waals surface area contributed by atoms with Crippen LogP contribution < -0.4 is 21.3 Å². The second kappa shape index (κ2) is 10.9. The highest BCUT2D eigenvalue weighted by atomic mass is 32.2. The lowest BCUT2D eigenvalue weighted by Crippen LogP contribution is -2.59. The molecule has 0 spiro atoms. The van der Waals surface area contributed by atoms with Gasteiger partial charge in [-0.1, -0.05) is 6.07 Å². The van der Waals surface area contributed by atoms with Crippen LogP contribution in [-0.2, 0) is 16.6 Å². The molecule has 3 atom stereocenters. The Morgan fingerprint density at radius 2 is 1.94 bits per heavy atom. The fourth-order valence-electron chi connectivity index (χ4n) is 4.53. The van der Waals surface area contributed by atoms with Gasteiger partial charge in [0.1, 0.15) is 17.8 Å². The van der Waals surface area contributed by atoms with Gasteiger partial charge in [0, 0.05) is 36.9 Å². The van der Waals surface area contributed by atoms with Crippen LogP contribution in [0.5, 0.6) is 0 Å². The van der Waals surface area contributed by atoms with Gasteiger partial charge in [0.2, 0.25) is 11.8 Å². The quantitative estimate of drug-likeness (QED) is 0.450. The van der Waals surface area contributed by atoms with Crippen LogP contribution in [-0.4, -0.2) is 70.7 Å². The molecule has 4 rings (SSSR count). The van der Waals surface area contributed by atoms with Gasteiger partial charge >= 0.3 is 6.03 Å². The number of nitrogens with one attached hydrogen (secondary N) is 4. The summed E-state index contributed by atoms with van der Waals surface area (Å²) in [4.78, 5) is 54.2. The highest BCUT2D eigenvalue weighted by Gasteiger charge is 2.44. The molecule has 0 aliphatic carbocycles. The first-order valence-electron chi connectivity index (χ1n) is 11.6. The third kappa shape index (κ3) is 5.61. The average Bonchev–Trinajstić information content (AvgIpc) is 3.46. The number of aryl methyl sites for hydroxylation is 1. The molecule has 35 heavy (non-hydrogen) atoms. The second-order valence-electron chi connectivity index (χ2n) is 8.67. The smallest absolute Gasteiger partial charge is 0.319 e. The maximum Gasteiger partial charge on any atom is 0.319 e. The summed E-state index contributed by atoms with van der Waals surface area (Å²) in [7, 11) is 1.76. The Kier molecular flexibility index (Phi) is 7.64. The van der Waals surface area contributed by atoms with Gasteiger partial charge in [0.05, 0.1) is 6.04 Å². The van der Waals surface area contributed by atoms with Gasteiger partial charge in [-0.05, 0) is 55.9 Å². The summed E-state index contributed by atoms with van der Waals surface area (Å²) >= 11 is 1.56. The lowest BCUT2D eigenvalue weighted by Gasteiger charge is -2.30. The number of hydrogen-bond donors (Lipinski definition) is 4. The summed E-state index contributed by atoms with van der Waals surface area (Å²) in [5.74, 6) is -0.997. The summed E-state index contributed by atoms with van der Waals surface area (Å²) in [5.41, 5.74) is 1.07. The normalized spacial score (nSPS) is 21.8. The zero-order chi connectivity index (χ0) is 24.9. The Morgan fingerprint density at radius 3 is 2.66 bits per heavy atom. The molecule has 3 heterocycles.